The van der Waals surface area contributed by atoms with Gasteiger partial charge in [0.25, 0.3) is 10.0 Å². The standard InChI is InChI=1S/C12H9BrCl2N2O2S/c1-7-4-9(13)11(5-10(7)14)17-20(18,19)8-2-3-12(15)16-6-8/h2-6,17H,1H3. The molecule has 4 nitrogen and oxygen atoms in total. The molecule has 0 saturated carbocycles. The van der Waals surface area contributed by atoms with Gasteiger partial charge in [0.1, 0.15) is 10.0 Å². The molecule has 2 rings (SSSR count). The van der Waals surface area contributed by atoms with Crippen LogP contribution < -0.4 is 4.72 Å². The van der Waals surface area contributed by atoms with Gasteiger partial charge in [0.05, 0.1) is 5.69 Å². The zero-order valence-electron chi connectivity index (χ0n) is 10.2. The molecule has 0 saturated heterocycles. The summed E-state index contributed by atoms with van der Waals surface area (Å²) in [5, 5.41) is 0.698. The third-order valence-corrected chi connectivity index (χ3v) is 5.14. The van der Waals surface area contributed by atoms with E-state index >= 15 is 0 Å². The van der Waals surface area contributed by atoms with Crippen LogP contribution in [0, 0.1) is 6.92 Å². The predicted molar refractivity (Wildman–Crippen MR) is 83.9 cm³/mol. The number of hydrogen-bond acceptors (Lipinski definition) is 3. The van der Waals surface area contributed by atoms with E-state index in [-0.39, 0.29) is 10.0 Å². The van der Waals surface area contributed by atoms with Crippen molar-refractivity contribution in [2.75, 3.05) is 4.72 Å². The minimum atomic E-state index is -3.74. The molecule has 0 radical (unpaired) electrons. The van der Waals surface area contributed by atoms with Crippen LogP contribution in [0.15, 0.2) is 39.8 Å². The first kappa shape index (κ1) is 15.6. The molecular weight excluding hydrogens is 387 g/mol. The first-order chi connectivity index (χ1) is 9.29. The smallest absolute Gasteiger partial charge is 0.263 e. The lowest BCUT2D eigenvalue weighted by Crippen LogP contribution is -2.13. The Morgan fingerprint density at radius 2 is 1.95 bits per heavy atom. The summed E-state index contributed by atoms with van der Waals surface area (Å²) in [5.41, 5.74) is 1.20. The first-order valence-electron chi connectivity index (χ1n) is 5.39. The molecule has 0 fully saturated rings. The predicted octanol–water partition coefficient (Wildman–Crippen LogP) is 4.26. The number of halogens is 3. The number of rotatable bonds is 3. The molecule has 106 valence electrons. The maximum atomic E-state index is 12.2. The van der Waals surface area contributed by atoms with Crippen LogP contribution in [0.5, 0.6) is 0 Å². The van der Waals surface area contributed by atoms with Crippen molar-refractivity contribution in [2.45, 2.75) is 11.8 Å². The molecule has 2 aromatic rings. The van der Waals surface area contributed by atoms with Crippen molar-refractivity contribution in [2.24, 2.45) is 0 Å². The number of benzene rings is 1. The molecule has 8 heteroatoms. The van der Waals surface area contributed by atoms with Crippen molar-refractivity contribution >= 4 is 54.8 Å². The zero-order chi connectivity index (χ0) is 14.9. The minimum Gasteiger partial charge on any atom is -0.278 e. The number of nitrogens with one attached hydrogen (secondary N) is 1. The fourth-order valence-corrected chi connectivity index (χ4v) is 3.43. The van der Waals surface area contributed by atoms with Crippen molar-refractivity contribution in [3.05, 3.63) is 50.7 Å². The van der Waals surface area contributed by atoms with Gasteiger partial charge in [-0.25, -0.2) is 13.4 Å². The van der Waals surface area contributed by atoms with E-state index in [1.807, 2.05) is 6.92 Å². The third-order valence-electron chi connectivity index (χ3n) is 2.50. The molecule has 0 aliphatic rings. The fourth-order valence-electron chi connectivity index (χ4n) is 1.45. The van der Waals surface area contributed by atoms with E-state index in [2.05, 4.69) is 25.6 Å². The highest BCUT2D eigenvalue weighted by Gasteiger charge is 2.17. The number of aromatic nitrogens is 1. The second-order valence-corrected chi connectivity index (χ2v) is 7.33. The van der Waals surface area contributed by atoms with Gasteiger partial charge >= 0.3 is 0 Å². The average Bonchev–Trinajstić information content (AvgIpc) is 2.36. The Balaban J connectivity index is 2.38. The van der Waals surface area contributed by atoms with Crippen LogP contribution in [-0.4, -0.2) is 13.4 Å². The molecule has 0 amide bonds. The lowest BCUT2D eigenvalue weighted by Gasteiger charge is -2.11. The normalized spacial score (nSPS) is 11.4. The van der Waals surface area contributed by atoms with Gasteiger partial charge in [0, 0.05) is 15.7 Å². The second-order valence-electron chi connectivity index (χ2n) is 4.00. The molecule has 1 heterocycles. The van der Waals surface area contributed by atoms with Gasteiger partial charge in [0.2, 0.25) is 0 Å². The number of hydrogen-bond donors (Lipinski definition) is 1. The average molecular weight is 396 g/mol. The van der Waals surface area contributed by atoms with Crippen LogP contribution in [0.2, 0.25) is 10.2 Å². The van der Waals surface area contributed by atoms with Crippen molar-refractivity contribution in [3.8, 4) is 0 Å². The third kappa shape index (κ3) is 3.44. The summed E-state index contributed by atoms with van der Waals surface area (Å²) < 4.78 is 27.5. The molecule has 0 spiro atoms. The van der Waals surface area contributed by atoms with E-state index in [0.717, 1.165) is 5.56 Å². The van der Waals surface area contributed by atoms with E-state index < -0.39 is 10.0 Å². The Hall–Kier alpha value is -0.820. The summed E-state index contributed by atoms with van der Waals surface area (Å²) in [6.45, 7) is 1.83. The van der Waals surface area contributed by atoms with Crippen LogP contribution >= 0.6 is 39.1 Å². The molecule has 0 aliphatic heterocycles. The highest BCUT2D eigenvalue weighted by molar-refractivity contribution is 9.10. The molecule has 20 heavy (non-hydrogen) atoms. The quantitative estimate of drug-likeness (QED) is 0.789. The van der Waals surface area contributed by atoms with Crippen molar-refractivity contribution in [3.63, 3.8) is 0 Å². The van der Waals surface area contributed by atoms with Gasteiger partial charge in [-0.2, -0.15) is 0 Å². The molecule has 0 unspecified atom stereocenters. The van der Waals surface area contributed by atoms with E-state index in [4.69, 9.17) is 23.2 Å². The summed E-state index contributed by atoms with van der Waals surface area (Å²) in [6.07, 6.45) is 1.19. The van der Waals surface area contributed by atoms with Gasteiger partial charge < -0.3 is 0 Å². The van der Waals surface area contributed by atoms with Crippen LogP contribution in [0.3, 0.4) is 0 Å². The van der Waals surface area contributed by atoms with Crippen LogP contribution in [0.25, 0.3) is 0 Å². The van der Waals surface area contributed by atoms with Crippen LogP contribution in [0.4, 0.5) is 5.69 Å². The Morgan fingerprint density at radius 1 is 1.25 bits per heavy atom. The van der Waals surface area contributed by atoms with Gasteiger partial charge in [-0.1, -0.05) is 23.2 Å². The number of aryl methyl sites for hydroxylation is 1. The first-order valence-corrected chi connectivity index (χ1v) is 8.43. The lowest BCUT2D eigenvalue weighted by molar-refractivity contribution is 0.601. The summed E-state index contributed by atoms with van der Waals surface area (Å²) in [5.74, 6) is 0. The van der Waals surface area contributed by atoms with Crippen molar-refractivity contribution in [1.29, 1.82) is 0 Å². The van der Waals surface area contributed by atoms with E-state index in [1.54, 1.807) is 12.1 Å². The van der Waals surface area contributed by atoms with Crippen LogP contribution in [-0.2, 0) is 10.0 Å². The van der Waals surface area contributed by atoms with Crippen molar-refractivity contribution < 1.29 is 8.42 Å². The molecule has 1 N–H and O–H groups in total. The zero-order valence-corrected chi connectivity index (χ0v) is 14.1. The number of sulfonamides is 1. The van der Waals surface area contributed by atoms with Gasteiger partial charge in [0.15, 0.2) is 0 Å². The van der Waals surface area contributed by atoms with E-state index in [9.17, 15) is 8.42 Å². The fraction of sp³-hybridized carbons (Fsp3) is 0.0833. The molecule has 0 bridgehead atoms. The lowest BCUT2D eigenvalue weighted by atomic mass is 10.2. The van der Waals surface area contributed by atoms with Gasteiger partial charge in [-0.15, -0.1) is 0 Å². The van der Waals surface area contributed by atoms with E-state index in [0.29, 0.717) is 15.2 Å². The Labute approximate surface area is 135 Å². The topological polar surface area (TPSA) is 59.1 Å². The maximum absolute atomic E-state index is 12.2. The summed E-state index contributed by atoms with van der Waals surface area (Å²) in [6, 6.07) is 6.07. The van der Waals surface area contributed by atoms with Crippen LogP contribution in [0.1, 0.15) is 5.56 Å². The summed E-state index contributed by atoms with van der Waals surface area (Å²) >= 11 is 14.9. The SMILES string of the molecule is Cc1cc(Br)c(NS(=O)(=O)c2ccc(Cl)nc2)cc1Cl. The summed E-state index contributed by atoms with van der Waals surface area (Å²) in [4.78, 5) is 3.77. The summed E-state index contributed by atoms with van der Waals surface area (Å²) in [7, 11) is -3.74. The van der Waals surface area contributed by atoms with Gasteiger partial charge in [-0.05, 0) is 52.7 Å². The number of anilines is 1. The molecule has 0 atom stereocenters. The largest absolute Gasteiger partial charge is 0.278 e. The highest BCUT2D eigenvalue weighted by Crippen LogP contribution is 2.30. The van der Waals surface area contributed by atoms with E-state index in [1.165, 1.54) is 18.3 Å². The Bertz CT molecular complexity index is 749. The monoisotopic (exact) mass is 394 g/mol. The number of pyridine rings is 1. The molecule has 1 aromatic heterocycles. The molecule has 0 aliphatic carbocycles. The maximum Gasteiger partial charge on any atom is 0.263 e. The minimum absolute atomic E-state index is 0.0190. The molecule has 1 aromatic carbocycles. The number of nitrogens with zero attached hydrogens (tertiary/aromatic N) is 1. The van der Waals surface area contributed by atoms with Gasteiger partial charge in [-0.3, -0.25) is 4.72 Å². The highest BCUT2D eigenvalue weighted by atomic mass is 79.9. The second kappa shape index (κ2) is 5.89. The molecular formula is C12H9BrCl2N2O2S. The van der Waals surface area contributed by atoms with Crippen molar-refractivity contribution in [1.82, 2.24) is 4.98 Å². The Kier molecular flexibility index (Phi) is 4.59. The Morgan fingerprint density at radius 3 is 2.55 bits per heavy atom.